The Hall–Kier alpha value is -9.18. The summed E-state index contributed by atoms with van der Waals surface area (Å²) in [5, 5.41) is 4.49. The van der Waals surface area contributed by atoms with Crippen LogP contribution >= 0.6 is 0 Å². The second-order valence-corrected chi connectivity index (χ2v) is 17.5. The van der Waals surface area contributed by atoms with Crippen molar-refractivity contribution >= 4 is 60.9 Å². The highest BCUT2D eigenvalue weighted by Gasteiger charge is 2.20. The van der Waals surface area contributed by atoms with Crippen molar-refractivity contribution < 1.29 is 8.83 Å². The van der Waals surface area contributed by atoms with Crippen molar-refractivity contribution in [1.29, 1.82) is 0 Å². The standard InChI is InChI=1S/C66H43NO2/c1-3-16-44(17-4-1)52-20-7-8-23-59(52)64-53(45-18-5-2-6-19-45)24-13-25-54(64)46-32-38-49(39-33-46)67(50-40-34-47(35-41-50)55-26-14-28-60-57-21-9-11-30-62(57)68-65(55)60)51-42-36-48(37-43-51)56-27-15-29-61-58-22-10-12-31-63(58)69-66(56)61/h1-43H. The summed E-state index contributed by atoms with van der Waals surface area (Å²) in [6.07, 6.45) is 0. The summed E-state index contributed by atoms with van der Waals surface area (Å²) in [5.41, 5.74) is 20.5. The Balaban J connectivity index is 0.932. The molecule has 0 aliphatic carbocycles. The van der Waals surface area contributed by atoms with Gasteiger partial charge in [0.2, 0.25) is 0 Å². The minimum atomic E-state index is 0.894. The molecule has 0 N–H and O–H groups in total. The molecule has 2 heterocycles. The minimum absolute atomic E-state index is 0.894. The molecule has 0 atom stereocenters. The lowest BCUT2D eigenvalue weighted by Gasteiger charge is -2.26. The molecular formula is C66H43NO2. The summed E-state index contributed by atoms with van der Waals surface area (Å²) < 4.78 is 12.9. The van der Waals surface area contributed by atoms with E-state index in [1.807, 2.05) is 24.3 Å². The van der Waals surface area contributed by atoms with Crippen molar-refractivity contribution in [2.45, 2.75) is 0 Å². The third-order valence-corrected chi connectivity index (χ3v) is 13.5. The van der Waals surface area contributed by atoms with Crippen molar-refractivity contribution in [2.75, 3.05) is 4.90 Å². The molecule has 13 rings (SSSR count). The van der Waals surface area contributed by atoms with E-state index in [-0.39, 0.29) is 0 Å². The number of rotatable bonds is 9. The summed E-state index contributed by atoms with van der Waals surface area (Å²) in [4.78, 5) is 2.34. The first-order valence-electron chi connectivity index (χ1n) is 23.5. The Bertz CT molecular complexity index is 3820. The number of hydrogen-bond acceptors (Lipinski definition) is 3. The fourth-order valence-corrected chi connectivity index (χ4v) is 10.3. The number of furan rings is 2. The SMILES string of the molecule is c1ccc(-c2ccccc2-c2c(-c3ccccc3)cccc2-c2ccc(N(c3ccc(-c4cccc5c4oc4ccccc45)cc3)c3ccc(-c4cccc5c4oc4ccccc45)cc3)cc2)cc1. The van der Waals surface area contributed by atoms with E-state index in [0.717, 1.165) is 88.8 Å². The van der Waals surface area contributed by atoms with E-state index in [1.165, 1.54) is 38.9 Å². The molecule has 0 radical (unpaired) electrons. The van der Waals surface area contributed by atoms with E-state index in [9.17, 15) is 0 Å². The van der Waals surface area contributed by atoms with Gasteiger partial charge in [-0.3, -0.25) is 0 Å². The summed E-state index contributed by atoms with van der Waals surface area (Å²) in [6.45, 7) is 0. The van der Waals surface area contributed by atoms with Crippen molar-refractivity contribution in [3.05, 3.63) is 261 Å². The second kappa shape index (κ2) is 16.9. The molecule has 0 aliphatic heterocycles. The van der Waals surface area contributed by atoms with Crippen LogP contribution in [0.25, 0.3) is 111 Å². The highest BCUT2D eigenvalue weighted by molar-refractivity contribution is 6.11. The van der Waals surface area contributed by atoms with Gasteiger partial charge in [0, 0.05) is 49.7 Å². The summed E-state index contributed by atoms with van der Waals surface area (Å²) in [5.74, 6) is 0. The molecule has 13 aromatic rings. The van der Waals surface area contributed by atoms with Gasteiger partial charge in [0.15, 0.2) is 0 Å². The van der Waals surface area contributed by atoms with Gasteiger partial charge < -0.3 is 13.7 Å². The van der Waals surface area contributed by atoms with Gasteiger partial charge >= 0.3 is 0 Å². The quantitative estimate of drug-likeness (QED) is 0.145. The summed E-state index contributed by atoms with van der Waals surface area (Å²) in [7, 11) is 0. The highest BCUT2D eigenvalue weighted by Crippen LogP contribution is 2.46. The molecular weight excluding hydrogens is 839 g/mol. The van der Waals surface area contributed by atoms with Gasteiger partial charge in [0.25, 0.3) is 0 Å². The lowest BCUT2D eigenvalue weighted by Crippen LogP contribution is -2.09. The fraction of sp³-hybridized carbons (Fsp3) is 0. The first kappa shape index (κ1) is 40.1. The zero-order chi connectivity index (χ0) is 45.7. The first-order valence-corrected chi connectivity index (χ1v) is 23.5. The maximum atomic E-state index is 6.47. The van der Waals surface area contributed by atoms with Crippen LogP contribution in [-0.4, -0.2) is 0 Å². The van der Waals surface area contributed by atoms with Crippen molar-refractivity contribution in [2.24, 2.45) is 0 Å². The van der Waals surface area contributed by atoms with Crippen LogP contribution in [0.1, 0.15) is 0 Å². The Morgan fingerprint density at radius 2 is 0.536 bits per heavy atom. The van der Waals surface area contributed by atoms with Crippen molar-refractivity contribution in [1.82, 2.24) is 0 Å². The average molecular weight is 882 g/mol. The van der Waals surface area contributed by atoms with Gasteiger partial charge in [-0.15, -0.1) is 0 Å². The lowest BCUT2D eigenvalue weighted by molar-refractivity contribution is 0.669. The van der Waals surface area contributed by atoms with Crippen LogP contribution in [0.5, 0.6) is 0 Å². The molecule has 0 saturated carbocycles. The van der Waals surface area contributed by atoms with Crippen LogP contribution in [0.3, 0.4) is 0 Å². The molecule has 0 bridgehead atoms. The Kier molecular flexibility index (Phi) is 9.84. The lowest BCUT2D eigenvalue weighted by atomic mass is 9.84. The molecule has 0 fully saturated rings. The molecule has 0 amide bonds. The third-order valence-electron chi connectivity index (χ3n) is 13.5. The summed E-state index contributed by atoms with van der Waals surface area (Å²) in [6, 6.07) is 93.1. The molecule has 3 nitrogen and oxygen atoms in total. The largest absolute Gasteiger partial charge is 0.455 e. The number of para-hydroxylation sites is 4. The number of nitrogens with zero attached hydrogens (tertiary/aromatic N) is 1. The molecule has 3 heteroatoms. The second-order valence-electron chi connectivity index (χ2n) is 17.5. The molecule has 0 spiro atoms. The maximum Gasteiger partial charge on any atom is 0.143 e. The van der Waals surface area contributed by atoms with Crippen molar-refractivity contribution in [3.8, 4) is 66.8 Å². The van der Waals surface area contributed by atoms with E-state index in [1.54, 1.807) is 0 Å². The molecule has 11 aromatic carbocycles. The van der Waals surface area contributed by atoms with E-state index < -0.39 is 0 Å². The Morgan fingerprint density at radius 3 is 1.01 bits per heavy atom. The minimum Gasteiger partial charge on any atom is -0.455 e. The number of anilines is 3. The van der Waals surface area contributed by atoms with E-state index >= 15 is 0 Å². The van der Waals surface area contributed by atoms with Crippen LogP contribution in [-0.2, 0) is 0 Å². The number of benzene rings is 11. The Labute approximate surface area is 400 Å². The van der Waals surface area contributed by atoms with Gasteiger partial charge in [-0.25, -0.2) is 0 Å². The van der Waals surface area contributed by atoms with E-state index in [2.05, 4.69) is 241 Å². The van der Waals surface area contributed by atoms with Crippen LogP contribution < -0.4 is 4.90 Å². The van der Waals surface area contributed by atoms with Crippen LogP contribution in [0, 0.1) is 0 Å². The third kappa shape index (κ3) is 7.08. The molecule has 2 aromatic heterocycles. The van der Waals surface area contributed by atoms with Gasteiger partial charge in [0.1, 0.15) is 22.3 Å². The number of fused-ring (bicyclic) bond motifs is 6. The van der Waals surface area contributed by atoms with Crippen molar-refractivity contribution in [3.63, 3.8) is 0 Å². The first-order chi connectivity index (χ1) is 34.2. The monoisotopic (exact) mass is 881 g/mol. The smallest absolute Gasteiger partial charge is 0.143 e. The van der Waals surface area contributed by atoms with Gasteiger partial charge in [-0.1, -0.05) is 212 Å². The van der Waals surface area contributed by atoms with E-state index in [0.29, 0.717) is 0 Å². The van der Waals surface area contributed by atoms with Gasteiger partial charge in [0.05, 0.1) is 0 Å². The highest BCUT2D eigenvalue weighted by atomic mass is 16.3. The average Bonchev–Trinajstić information content (AvgIpc) is 4.01. The predicted octanol–water partition coefficient (Wildman–Crippen LogP) is 19.0. The van der Waals surface area contributed by atoms with Gasteiger partial charge in [-0.2, -0.15) is 0 Å². The molecule has 0 unspecified atom stereocenters. The van der Waals surface area contributed by atoms with E-state index in [4.69, 9.17) is 8.83 Å². The molecule has 0 saturated heterocycles. The van der Waals surface area contributed by atoms with Crippen LogP contribution in [0.2, 0.25) is 0 Å². The Morgan fingerprint density at radius 1 is 0.217 bits per heavy atom. The fourth-order valence-electron chi connectivity index (χ4n) is 10.3. The molecule has 324 valence electrons. The summed E-state index contributed by atoms with van der Waals surface area (Å²) >= 11 is 0. The molecule has 0 aliphatic rings. The normalized spacial score (nSPS) is 11.5. The molecule has 69 heavy (non-hydrogen) atoms. The number of hydrogen-bond donors (Lipinski definition) is 0. The zero-order valence-corrected chi connectivity index (χ0v) is 37.6. The van der Waals surface area contributed by atoms with Crippen LogP contribution in [0.4, 0.5) is 17.1 Å². The maximum absolute atomic E-state index is 6.47. The van der Waals surface area contributed by atoms with Gasteiger partial charge in [-0.05, 0) is 104 Å². The van der Waals surface area contributed by atoms with Crippen LogP contribution in [0.15, 0.2) is 270 Å². The zero-order valence-electron chi connectivity index (χ0n) is 37.6. The predicted molar refractivity (Wildman–Crippen MR) is 288 cm³/mol. The topological polar surface area (TPSA) is 29.5 Å².